The third kappa shape index (κ3) is 5.23. The van der Waals surface area contributed by atoms with Gasteiger partial charge in [-0.3, -0.25) is 14.2 Å². The van der Waals surface area contributed by atoms with E-state index in [1.807, 2.05) is 32.0 Å². The SMILES string of the molecule is CC[C@@H](C)N(C(=O)CSc1nc2ccccc2c(=O)n1-c1ccccc1OC)[C@@H]1CCS(=O)(=O)C1. The fourth-order valence-electron chi connectivity index (χ4n) is 4.44. The number of para-hydroxylation sites is 3. The summed E-state index contributed by atoms with van der Waals surface area (Å²) in [6.07, 6.45) is 1.16. The van der Waals surface area contributed by atoms with Crippen molar-refractivity contribution in [1.82, 2.24) is 14.5 Å². The number of ether oxygens (including phenoxy) is 1. The summed E-state index contributed by atoms with van der Waals surface area (Å²) in [5.74, 6) is 0.469. The van der Waals surface area contributed by atoms with E-state index in [4.69, 9.17) is 9.72 Å². The average Bonchev–Trinajstić information content (AvgIpc) is 3.21. The first-order chi connectivity index (χ1) is 16.8. The van der Waals surface area contributed by atoms with Crippen LogP contribution >= 0.6 is 11.8 Å². The molecule has 0 unspecified atom stereocenters. The van der Waals surface area contributed by atoms with Gasteiger partial charge in [0.05, 0.1) is 41.0 Å². The number of fused-ring (bicyclic) bond motifs is 1. The number of aromatic nitrogens is 2. The van der Waals surface area contributed by atoms with E-state index >= 15 is 0 Å². The van der Waals surface area contributed by atoms with Gasteiger partial charge in [-0.1, -0.05) is 43.0 Å². The Hall–Kier alpha value is -2.85. The molecule has 1 aliphatic heterocycles. The zero-order valence-corrected chi connectivity index (χ0v) is 21.6. The maximum Gasteiger partial charge on any atom is 0.266 e. The summed E-state index contributed by atoms with van der Waals surface area (Å²) in [6.45, 7) is 3.91. The van der Waals surface area contributed by atoms with Crippen LogP contribution in [0.1, 0.15) is 26.7 Å². The number of sulfone groups is 1. The topological polar surface area (TPSA) is 98.6 Å². The third-order valence-electron chi connectivity index (χ3n) is 6.35. The number of carbonyl (C=O) groups excluding carboxylic acids is 1. The molecule has 1 fully saturated rings. The largest absolute Gasteiger partial charge is 0.495 e. The minimum absolute atomic E-state index is 0.00606. The molecule has 1 aromatic heterocycles. The quantitative estimate of drug-likeness (QED) is 0.335. The van der Waals surface area contributed by atoms with Crippen molar-refractivity contribution in [3.05, 3.63) is 58.9 Å². The van der Waals surface area contributed by atoms with Gasteiger partial charge in [0.25, 0.3) is 5.56 Å². The monoisotopic (exact) mass is 515 g/mol. The van der Waals surface area contributed by atoms with Crippen molar-refractivity contribution >= 4 is 38.4 Å². The van der Waals surface area contributed by atoms with Crippen molar-refractivity contribution in [3.8, 4) is 11.4 Å². The molecule has 0 saturated carbocycles. The van der Waals surface area contributed by atoms with Crippen LogP contribution < -0.4 is 10.3 Å². The van der Waals surface area contributed by atoms with Crippen LogP contribution in [-0.4, -0.2) is 65.2 Å². The second-order valence-electron chi connectivity index (χ2n) is 8.63. The van der Waals surface area contributed by atoms with E-state index in [9.17, 15) is 18.0 Å². The predicted octanol–water partition coefficient (Wildman–Crippen LogP) is 3.30. The number of carbonyl (C=O) groups is 1. The smallest absolute Gasteiger partial charge is 0.266 e. The Labute approximate surface area is 209 Å². The molecule has 1 amide bonds. The number of hydrogen-bond acceptors (Lipinski definition) is 7. The van der Waals surface area contributed by atoms with Gasteiger partial charge in [-0.25, -0.2) is 13.4 Å². The van der Waals surface area contributed by atoms with Gasteiger partial charge in [0, 0.05) is 12.1 Å². The molecule has 0 bridgehead atoms. The molecular formula is C25H29N3O5S2. The summed E-state index contributed by atoms with van der Waals surface area (Å²) in [6, 6.07) is 13.8. The normalized spacial score (nSPS) is 17.9. The Kier molecular flexibility index (Phi) is 7.51. The fourth-order valence-corrected chi connectivity index (χ4v) is 7.02. The second kappa shape index (κ2) is 10.4. The Morgan fingerprint density at radius 1 is 1.23 bits per heavy atom. The molecule has 2 aromatic carbocycles. The molecule has 2 atom stereocenters. The Morgan fingerprint density at radius 3 is 2.63 bits per heavy atom. The van der Waals surface area contributed by atoms with Crippen LogP contribution in [0.5, 0.6) is 5.75 Å². The molecule has 186 valence electrons. The lowest BCUT2D eigenvalue weighted by Gasteiger charge is -2.33. The van der Waals surface area contributed by atoms with Gasteiger partial charge in [-0.2, -0.15) is 0 Å². The summed E-state index contributed by atoms with van der Waals surface area (Å²) in [5, 5.41) is 0.834. The molecule has 8 nitrogen and oxygen atoms in total. The number of thioether (sulfide) groups is 1. The molecule has 3 aromatic rings. The molecule has 35 heavy (non-hydrogen) atoms. The van der Waals surface area contributed by atoms with E-state index < -0.39 is 9.84 Å². The molecule has 1 aliphatic rings. The van der Waals surface area contributed by atoms with E-state index in [1.165, 1.54) is 23.4 Å². The molecular weight excluding hydrogens is 486 g/mol. The van der Waals surface area contributed by atoms with E-state index in [2.05, 4.69) is 0 Å². The number of nitrogens with zero attached hydrogens (tertiary/aromatic N) is 3. The van der Waals surface area contributed by atoms with Crippen LogP contribution in [0.3, 0.4) is 0 Å². The van der Waals surface area contributed by atoms with Crippen LogP contribution in [0.2, 0.25) is 0 Å². The van der Waals surface area contributed by atoms with Crippen LogP contribution in [0.25, 0.3) is 16.6 Å². The van der Waals surface area contributed by atoms with Crippen LogP contribution in [0.4, 0.5) is 0 Å². The van der Waals surface area contributed by atoms with Gasteiger partial charge in [0.15, 0.2) is 15.0 Å². The fraction of sp³-hybridized carbons (Fsp3) is 0.400. The molecule has 2 heterocycles. The highest BCUT2D eigenvalue weighted by Gasteiger charge is 2.36. The highest BCUT2D eigenvalue weighted by Crippen LogP contribution is 2.28. The zero-order valence-electron chi connectivity index (χ0n) is 20.0. The number of methoxy groups -OCH3 is 1. The molecule has 1 saturated heterocycles. The Bertz CT molecular complexity index is 1400. The van der Waals surface area contributed by atoms with Crippen molar-refractivity contribution < 1.29 is 17.9 Å². The second-order valence-corrected chi connectivity index (χ2v) is 11.8. The predicted molar refractivity (Wildman–Crippen MR) is 138 cm³/mol. The van der Waals surface area contributed by atoms with Gasteiger partial charge < -0.3 is 9.64 Å². The van der Waals surface area contributed by atoms with Gasteiger partial charge in [-0.05, 0) is 44.0 Å². The van der Waals surface area contributed by atoms with Crippen LogP contribution in [0.15, 0.2) is 58.5 Å². The summed E-state index contributed by atoms with van der Waals surface area (Å²) < 4.78 is 31.1. The molecule has 4 rings (SSSR count). The molecule has 10 heteroatoms. The van der Waals surface area contributed by atoms with E-state index in [0.717, 1.165) is 0 Å². The lowest BCUT2D eigenvalue weighted by atomic mass is 10.1. The molecule has 0 aliphatic carbocycles. The number of benzene rings is 2. The number of rotatable bonds is 8. The highest BCUT2D eigenvalue weighted by atomic mass is 32.2. The minimum Gasteiger partial charge on any atom is -0.495 e. The summed E-state index contributed by atoms with van der Waals surface area (Å²) in [7, 11) is -1.60. The average molecular weight is 516 g/mol. The summed E-state index contributed by atoms with van der Waals surface area (Å²) in [5.41, 5.74) is 0.823. The highest BCUT2D eigenvalue weighted by molar-refractivity contribution is 7.99. The molecule has 0 N–H and O–H groups in total. The first kappa shape index (κ1) is 25.2. The molecule has 0 spiro atoms. The first-order valence-electron chi connectivity index (χ1n) is 11.5. The summed E-state index contributed by atoms with van der Waals surface area (Å²) in [4.78, 5) is 33.3. The third-order valence-corrected chi connectivity index (χ3v) is 9.02. The maximum absolute atomic E-state index is 13.5. The lowest BCUT2D eigenvalue weighted by molar-refractivity contribution is -0.132. The van der Waals surface area contributed by atoms with Gasteiger partial charge in [-0.15, -0.1) is 0 Å². The van der Waals surface area contributed by atoms with Crippen molar-refractivity contribution in [3.63, 3.8) is 0 Å². The van der Waals surface area contributed by atoms with E-state index in [1.54, 1.807) is 35.2 Å². The van der Waals surface area contributed by atoms with Gasteiger partial charge in [0.1, 0.15) is 5.75 Å². The van der Waals surface area contributed by atoms with Crippen molar-refractivity contribution in [2.24, 2.45) is 0 Å². The standard InChI is InChI=1S/C25H29N3O5S2/c1-4-17(2)27(18-13-14-35(31,32)16-18)23(29)15-34-25-26-20-10-6-5-9-19(20)24(30)28(25)21-11-7-8-12-22(21)33-3/h5-12,17-18H,4,13-16H2,1-3H3/t17-,18-/m1/s1. The van der Waals surface area contributed by atoms with Crippen LogP contribution in [0, 0.1) is 0 Å². The maximum atomic E-state index is 13.5. The van der Waals surface area contributed by atoms with Crippen molar-refractivity contribution in [2.75, 3.05) is 24.4 Å². The zero-order chi connectivity index (χ0) is 25.2. The minimum atomic E-state index is -3.14. The number of hydrogen-bond donors (Lipinski definition) is 0. The van der Waals surface area contributed by atoms with E-state index in [-0.39, 0.29) is 40.8 Å². The first-order valence-corrected chi connectivity index (χ1v) is 14.4. The molecule has 0 radical (unpaired) electrons. The van der Waals surface area contributed by atoms with Crippen molar-refractivity contribution in [2.45, 2.75) is 43.9 Å². The Morgan fingerprint density at radius 2 is 1.94 bits per heavy atom. The lowest BCUT2D eigenvalue weighted by Crippen LogP contribution is -2.47. The van der Waals surface area contributed by atoms with Gasteiger partial charge in [0.2, 0.25) is 5.91 Å². The summed E-state index contributed by atoms with van der Waals surface area (Å²) >= 11 is 1.17. The van der Waals surface area contributed by atoms with Gasteiger partial charge >= 0.3 is 0 Å². The Balaban J connectivity index is 1.72. The van der Waals surface area contributed by atoms with Crippen molar-refractivity contribution in [1.29, 1.82) is 0 Å². The van der Waals surface area contributed by atoms with E-state index in [0.29, 0.717) is 40.3 Å². The number of amides is 1. The van der Waals surface area contributed by atoms with Crippen LogP contribution in [-0.2, 0) is 14.6 Å².